The number of rotatable bonds is 4. The maximum absolute atomic E-state index is 10.3. The smallest absolute Gasteiger partial charge is 0.230 e. The lowest BCUT2D eigenvalue weighted by atomic mass is 10.1. The van der Waals surface area contributed by atoms with Gasteiger partial charge in [-0.3, -0.25) is 9.59 Å². The van der Waals surface area contributed by atoms with Crippen LogP contribution in [0.1, 0.15) is 6.42 Å². The number of hydrogen-bond acceptors (Lipinski definition) is 3. The number of primary amides is 2. The van der Waals surface area contributed by atoms with Crippen molar-refractivity contribution in [1.82, 2.24) is 0 Å². The van der Waals surface area contributed by atoms with Crippen LogP contribution in [0.15, 0.2) is 0 Å². The van der Waals surface area contributed by atoms with E-state index in [2.05, 4.69) is 0 Å². The molecule has 0 bridgehead atoms. The number of aliphatic hydroxyl groups is 1. The molecule has 5 heteroatoms. The van der Waals surface area contributed by atoms with Crippen LogP contribution in [0, 0.1) is 5.92 Å². The van der Waals surface area contributed by atoms with Crippen LogP contribution in [0.25, 0.3) is 0 Å². The lowest BCUT2D eigenvalue weighted by molar-refractivity contribution is -0.132. The van der Waals surface area contributed by atoms with E-state index in [1.54, 1.807) is 0 Å². The zero-order valence-corrected chi connectivity index (χ0v) is 5.41. The second-order valence-corrected chi connectivity index (χ2v) is 1.87. The van der Waals surface area contributed by atoms with Gasteiger partial charge in [-0.1, -0.05) is 0 Å². The monoisotopic (exact) mass is 146 g/mol. The fourth-order valence-corrected chi connectivity index (χ4v) is 0.554. The van der Waals surface area contributed by atoms with Crippen molar-refractivity contribution in [2.24, 2.45) is 17.4 Å². The SMILES string of the molecule is NC(=O)C(CCO)C(N)=O. The van der Waals surface area contributed by atoms with Gasteiger partial charge in [0, 0.05) is 6.61 Å². The van der Waals surface area contributed by atoms with E-state index < -0.39 is 17.7 Å². The Morgan fingerprint density at radius 3 is 1.80 bits per heavy atom. The number of carbonyl (C=O) groups excluding carboxylic acids is 2. The van der Waals surface area contributed by atoms with Crippen LogP contribution < -0.4 is 11.5 Å². The minimum Gasteiger partial charge on any atom is -0.396 e. The molecule has 0 aromatic rings. The molecule has 10 heavy (non-hydrogen) atoms. The Morgan fingerprint density at radius 1 is 1.30 bits per heavy atom. The summed E-state index contributed by atoms with van der Waals surface area (Å²) in [6.07, 6.45) is 0.00463. The fraction of sp³-hybridized carbons (Fsp3) is 0.600. The lowest BCUT2D eigenvalue weighted by Gasteiger charge is -2.05. The van der Waals surface area contributed by atoms with Gasteiger partial charge in [0.1, 0.15) is 5.92 Å². The molecule has 0 aromatic heterocycles. The molecule has 0 radical (unpaired) electrons. The van der Waals surface area contributed by atoms with Crippen LogP contribution in [0.2, 0.25) is 0 Å². The number of hydrogen-bond donors (Lipinski definition) is 3. The molecule has 58 valence electrons. The number of nitrogens with two attached hydrogens (primary N) is 2. The van der Waals surface area contributed by atoms with Crippen LogP contribution in [-0.4, -0.2) is 23.5 Å². The molecule has 0 spiro atoms. The largest absolute Gasteiger partial charge is 0.396 e. The van der Waals surface area contributed by atoms with Gasteiger partial charge in [0.25, 0.3) is 0 Å². The first-order valence-electron chi connectivity index (χ1n) is 2.79. The van der Waals surface area contributed by atoms with Crippen molar-refractivity contribution in [1.29, 1.82) is 0 Å². The molecule has 5 nitrogen and oxygen atoms in total. The van der Waals surface area contributed by atoms with Gasteiger partial charge in [-0.2, -0.15) is 0 Å². The maximum Gasteiger partial charge on any atom is 0.230 e. The molecule has 0 atom stereocenters. The Kier molecular flexibility index (Phi) is 3.42. The standard InChI is InChI=1S/C5H10N2O3/c6-4(9)3(1-2-8)5(7)10/h3,8H,1-2H2,(H2,6,9)(H2,7,10). The Hall–Kier alpha value is -1.10. The summed E-state index contributed by atoms with van der Waals surface area (Å²) in [7, 11) is 0. The third kappa shape index (κ3) is 2.45. The molecule has 0 aliphatic rings. The van der Waals surface area contributed by atoms with Gasteiger partial charge in [-0.15, -0.1) is 0 Å². The molecule has 0 aliphatic carbocycles. The molecule has 0 saturated heterocycles. The molecule has 0 rings (SSSR count). The normalized spacial score (nSPS) is 9.80. The topological polar surface area (TPSA) is 106 Å². The van der Waals surface area contributed by atoms with E-state index in [0.29, 0.717) is 0 Å². The van der Waals surface area contributed by atoms with Gasteiger partial charge in [-0.25, -0.2) is 0 Å². The van der Waals surface area contributed by atoms with Crippen LogP contribution in [-0.2, 0) is 9.59 Å². The molecule has 0 saturated carbocycles. The second kappa shape index (κ2) is 3.84. The molecule has 0 unspecified atom stereocenters. The first kappa shape index (κ1) is 8.90. The summed E-state index contributed by atoms with van der Waals surface area (Å²) >= 11 is 0. The van der Waals surface area contributed by atoms with Crippen molar-refractivity contribution < 1.29 is 14.7 Å². The maximum atomic E-state index is 10.3. The van der Waals surface area contributed by atoms with Crippen molar-refractivity contribution in [3.8, 4) is 0 Å². The average molecular weight is 146 g/mol. The summed E-state index contributed by atoms with van der Waals surface area (Å²) in [5, 5.41) is 8.32. The van der Waals surface area contributed by atoms with E-state index in [1.807, 2.05) is 0 Å². The predicted octanol–water partition coefficient (Wildman–Crippen LogP) is -2.04. The molecule has 5 N–H and O–H groups in total. The van der Waals surface area contributed by atoms with Crippen LogP contribution >= 0.6 is 0 Å². The highest BCUT2D eigenvalue weighted by Crippen LogP contribution is 1.98. The highest BCUT2D eigenvalue weighted by Gasteiger charge is 2.20. The van der Waals surface area contributed by atoms with Gasteiger partial charge in [0.05, 0.1) is 0 Å². The second-order valence-electron chi connectivity index (χ2n) is 1.87. The van der Waals surface area contributed by atoms with Gasteiger partial charge in [0.15, 0.2) is 0 Å². The summed E-state index contributed by atoms with van der Waals surface area (Å²) < 4.78 is 0. The fourth-order valence-electron chi connectivity index (χ4n) is 0.554. The van der Waals surface area contributed by atoms with E-state index in [0.717, 1.165) is 0 Å². The van der Waals surface area contributed by atoms with Crippen LogP contribution in [0.3, 0.4) is 0 Å². The Balaban J connectivity index is 3.98. The van der Waals surface area contributed by atoms with Crippen LogP contribution in [0.5, 0.6) is 0 Å². The van der Waals surface area contributed by atoms with Crippen molar-refractivity contribution in [3.63, 3.8) is 0 Å². The van der Waals surface area contributed by atoms with Crippen molar-refractivity contribution in [2.45, 2.75) is 6.42 Å². The molecular formula is C5H10N2O3. The molecular weight excluding hydrogens is 136 g/mol. The molecule has 0 aromatic carbocycles. The van der Waals surface area contributed by atoms with Crippen LogP contribution in [0.4, 0.5) is 0 Å². The van der Waals surface area contributed by atoms with Gasteiger partial charge in [-0.05, 0) is 6.42 Å². The first-order valence-corrected chi connectivity index (χ1v) is 2.79. The lowest BCUT2D eigenvalue weighted by Crippen LogP contribution is -2.35. The Morgan fingerprint density at radius 2 is 1.70 bits per heavy atom. The minimum atomic E-state index is -1.04. The van der Waals surface area contributed by atoms with Crippen molar-refractivity contribution >= 4 is 11.8 Å². The van der Waals surface area contributed by atoms with E-state index >= 15 is 0 Å². The number of amides is 2. The number of carbonyl (C=O) groups is 2. The Bertz CT molecular complexity index is 132. The van der Waals surface area contributed by atoms with E-state index in [-0.39, 0.29) is 13.0 Å². The zero-order chi connectivity index (χ0) is 8.15. The predicted molar refractivity (Wildman–Crippen MR) is 33.6 cm³/mol. The summed E-state index contributed by atoms with van der Waals surface area (Å²) in [6, 6.07) is 0. The summed E-state index contributed by atoms with van der Waals surface area (Å²) in [5.41, 5.74) is 9.55. The van der Waals surface area contributed by atoms with Gasteiger partial charge >= 0.3 is 0 Å². The van der Waals surface area contributed by atoms with E-state index in [1.165, 1.54) is 0 Å². The highest BCUT2D eigenvalue weighted by atomic mass is 16.3. The number of aliphatic hydroxyl groups excluding tert-OH is 1. The molecule has 2 amide bonds. The third-order valence-corrected chi connectivity index (χ3v) is 1.10. The van der Waals surface area contributed by atoms with Crippen molar-refractivity contribution in [3.05, 3.63) is 0 Å². The minimum absolute atomic E-state index is 0.00463. The first-order chi connectivity index (χ1) is 4.59. The van der Waals surface area contributed by atoms with E-state index in [4.69, 9.17) is 16.6 Å². The summed E-state index contributed by atoms with van der Waals surface area (Å²) in [5.74, 6) is -2.62. The summed E-state index contributed by atoms with van der Waals surface area (Å²) in [4.78, 5) is 20.7. The quantitative estimate of drug-likeness (QED) is 0.397. The van der Waals surface area contributed by atoms with Crippen molar-refractivity contribution in [2.75, 3.05) is 6.61 Å². The molecule has 0 aliphatic heterocycles. The average Bonchev–Trinajstić information content (AvgIpc) is 1.81. The van der Waals surface area contributed by atoms with Gasteiger partial charge < -0.3 is 16.6 Å². The summed E-state index contributed by atoms with van der Waals surface area (Å²) in [6.45, 7) is -0.267. The Labute approximate surface area is 58.0 Å². The highest BCUT2D eigenvalue weighted by molar-refractivity contribution is 5.98. The molecule has 0 heterocycles. The third-order valence-electron chi connectivity index (χ3n) is 1.10. The zero-order valence-electron chi connectivity index (χ0n) is 5.41. The van der Waals surface area contributed by atoms with Gasteiger partial charge in [0.2, 0.25) is 11.8 Å². The molecule has 0 fully saturated rings. The van der Waals surface area contributed by atoms with E-state index in [9.17, 15) is 9.59 Å².